The molecule has 2 aliphatic heterocycles. The molecule has 0 atom stereocenters. The number of piperazine rings is 1. The number of benzene rings is 1. The highest BCUT2D eigenvalue weighted by Gasteiger charge is 2.36. The predicted octanol–water partition coefficient (Wildman–Crippen LogP) is 3.37. The normalized spacial score (nSPS) is 17.5. The molecule has 1 aromatic heterocycles. The van der Waals surface area contributed by atoms with Gasteiger partial charge in [-0.05, 0) is 31.9 Å². The van der Waals surface area contributed by atoms with Crippen molar-refractivity contribution in [2.24, 2.45) is 0 Å². The van der Waals surface area contributed by atoms with E-state index in [1.807, 2.05) is 17.9 Å². The number of carbonyl (C=O) groups excluding carboxylic acids is 1. The molecule has 160 valence electrons. The Morgan fingerprint density at radius 1 is 0.933 bits per heavy atom. The quantitative estimate of drug-likeness (QED) is 0.764. The first-order valence-corrected chi connectivity index (χ1v) is 10.1. The monoisotopic (exact) mass is 419 g/mol. The number of amides is 1. The molecule has 0 aliphatic carbocycles. The zero-order valence-corrected chi connectivity index (χ0v) is 16.8. The third-order valence-electron chi connectivity index (χ3n) is 5.57. The van der Waals surface area contributed by atoms with Gasteiger partial charge in [0, 0.05) is 51.0 Å². The van der Waals surface area contributed by atoms with Crippen LogP contribution in [0.1, 0.15) is 34.5 Å². The third kappa shape index (κ3) is 4.20. The standard InChI is InChI=1S/C21H24F3N5O/c1-15-14-18(27-8-4-5-9-27)26-20(25-15)29-12-10-28(11-13-29)19(30)16-6-2-3-7-17(16)21(22,23)24/h2-3,6-7,14H,4-5,8-13H2,1H3. The van der Waals surface area contributed by atoms with Gasteiger partial charge in [-0.25, -0.2) is 4.98 Å². The van der Waals surface area contributed by atoms with Gasteiger partial charge in [0.1, 0.15) is 5.82 Å². The minimum absolute atomic E-state index is 0.304. The van der Waals surface area contributed by atoms with E-state index in [9.17, 15) is 18.0 Å². The molecule has 2 saturated heterocycles. The van der Waals surface area contributed by atoms with Gasteiger partial charge >= 0.3 is 6.18 Å². The summed E-state index contributed by atoms with van der Waals surface area (Å²) in [5.41, 5.74) is -0.323. The molecule has 4 rings (SSSR count). The highest BCUT2D eigenvalue weighted by molar-refractivity contribution is 5.96. The maximum Gasteiger partial charge on any atom is 0.417 e. The van der Waals surface area contributed by atoms with Gasteiger partial charge in [0.05, 0.1) is 11.1 Å². The molecular weight excluding hydrogens is 395 g/mol. The van der Waals surface area contributed by atoms with E-state index in [0.29, 0.717) is 32.1 Å². The average Bonchev–Trinajstić information content (AvgIpc) is 3.27. The van der Waals surface area contributed by atoms with Crippen LogP contribution in [0, 0.1) is 6.92 Å². The lowest BCUT2D eigenvalue weighted by molar-refractivity contribution is -0.138. The number of hydrogen-bond acceptors (Lipinski definition) is 5. The molecule has 0 unspecified atom stereocenters. The summed E-state index contributed by atoms with van der Waals surface area (Å²) in [6, 6.07) is 6.92. The zero-order chi connectivity index (χ0) is 21.3. The fourth-order valence-electron chi connectivity index (χ4n) is 3.98. The average molecular weight is 419 g/mol. The Hall–Kier alpha value is -2.84. The van der Waals surface area contributed by atoms with Crippen LogP contribution < -0.4 is 9.80 Å². The van der Waals surface area contributed by atoms with Crippen molar-refractivity contribution in [2.45, 2.75) is 25.9 Å². The van der Waals surface area contributed by atoms with Crippen LogP contribution in [0.4, 0.5) is 24.9 Å². The fourth-order valence-corrected chi connectivity index (χ4v) is 3.98. The summed E-state index contributed by atoms with van der Waals surface area (Å²) in [5.74, 6) is 0.929. The van der Waals surface area contributed by atoms with E-state index in [4.69, 9.17) is 4.98 Å². The number of aromatic nitrogens is 2. The second-order valence-electron chi connectivity index (χ2n) is 7.68. The van der Waals surface area contributed by atoms with Gasteiger partial charge < -0.3 is 14.7 Å². The van der Waals surface area contributed by atoms with Gasteiger partial charge in [-0.2, -0.15) is 18.2 Å². The number of aryl methyl sites for hydroxylation is 1. The zero-order valence-electron chi connectivity index (χ0n) is 16.8. The third-order valence-corrected chi connectivity index (χ3v) is 5.57. The maximum atomic E-state index is 13.3. The topological polar surface area (TPSA) is 52.6 Å². The van der Waals surface area contributed by atoms with Crippen LogP contribution in [-0.2, 0) is 6.18 Å². The van der Waals surface area contributed by atoms with Gasteiger partial charge in [-0.3, -0.25) is 4.79 Å². The second kappa shape index (κ2) is 8.12. The van der Waals surface area contributed by atoms with E-state index in [2.05, 4.69) is 9.88 Å². The highest BCUT2D eigenvalue weighted by Crippen LogP contribution is 2.32. The molecule has 0 spiro atoms. The minimum Gasteiger partial charge on any atom is -0.356 e. The van der Waals surface area contributed by atoms with Crippen molar-refractivity contribution in [3.05, 3.63) is 47.2 Å². The molecule has 0 N–H and O–H groups in total. The summed E-state index contributed by atoms with van der Waals surface area (Å²) in [5, 5.41) is 0. The second-order valence-corrected chi connectivity index (χ2v) is 7.68. The number of carbonyl (C=O) groups is 1. The Labute approximate surface area is 173 Å². The Kier molecular flexibility index (Phi) is 5.53. The van der Waals surface area contributed by atoms with E-state index >= 15 is 0 Å². The first kappa shape index (κ1) is 20.4. The molecule has 2 aromatic rings. The maximum absolute atomic E-state index is 13.3. The summed E-state index contributed by atoms with van der Waals surface area (Å²) in [4.78, 5) is 27.7. The number of halogens is 3. The molecule has 0 bridgehead atoms. The SMILES string of the molecule is Cc1cc(N2CCCC2)nc(N2CCN(C(=O)c3ccccc3C(F)(F)F)CC2)n1. The van der Waals surface area contributed by atoms with Crippen molar-refractivity contribution in [2.75, 3.05) is 49.1 Å². The number of rotatable bonds is 3. The lowest BCUT2D eigenvalue weighted by atomic mass is 10.1. The number of hydrogen-bond donors (Lipinski definition) is 0. The molecule has 9 heteroatoms. The van der Waals surface area contributed by atoms with Crippen LogP contribution in [0.3, 0.4) is 0 Å². The Balaban J connectivity index is 1.47. The van der Waals surface area contributed by atoms with E-state index < -0.39 is 17.6 Å². The van der Waals surface area contributed by atoms with Crippen LogP contribution in [0.25, 0.3) is 0 Å². The van der Waals surface area contributed by atoms with Crippen molar-refractivity contribution < 1.29 is 18.0 Å². The Bertz CT molecular complexity index is 919. The van der Waals surface area contributed by atoms with E-state index in [0.717, 1.165) is 43.5 Å². The van der Waals surface area contributed by atoms with Crippen molar-refractivity contribution in [1.29, 1.82) is 0 Å². The van der Waals surface area contributed by atoms with Crippen LogP contribution in [0.2, 0.25) is 0 Å². The number of nitrogens with zero attached hydrogens (tertiary/aromatic N) is 5. The number of anilines is 2. The van der Waals surface area contributed by atoms with Crippen LogP contribution in [0.5, 0.6) is 0 Å². The van der Waals surface area contributed by atoms with E-state index in [1.165, 1.54) is 23.1 Å². The van der Waals surface area contributed by atoms with Gasteiger partial charge in [-0.1, -0.05) is 12.1 Å². The van der Waals surface area contributed by atoms with Crippen molar-refractivity contribution in [3.63, 3.8) is 0 Å². The summed E-state index contributed by atoms with van der Waals surface area (Å²) in [6.07, 6.45) is -2.26. The van der Waals surface area contributed by atoms with E-state index in [1.54, 1.807) is 0 Å². The lowest BCUT2D eigenvalue weighted by Gasteiger charge is -2.35. The largest absolute Gasteiger partial charge is 0.417 e. The molecular formula is C21H24F3N5O. The molecule has 1 amide bonds. The van der Waals surface area contributed by atoms with Gasteiger partial charge in [-0.15, -0.1) is 0 Å². The molecule has 6 nitrogen and oxygen atoms in total. The number of alkyl halides is 3. The Morgan fingerprint density at radius 2 is 1.60 bits per heavy atom. The first-order valence-electron chi connectivity index (χ1n) is 10.1. The van der Waals surface area contributed by atoms with Crippen LogP contribution in [-0.4, -0.2) is 60.0 Å². The predicted molar refractivity (Wildman–Crippen MR) is 108 cm³/mol. The summed E-state index contributed by atoms with van der Waals surface area (Å²) < 4.78 is 39.8. The summed E-state index contributed by atoms with van der Waals surface area (Å²) in [7, 11) is 0. The van der Waals surface area contributed by atoms with E-state index in [-0.39, 0.29) is 5.56 Å². The van der Waals surface area contributed by atoms with Crippen LogP contribution in [0.15, 0.2) is 30.3 Å². The van der Waals surface area contributed by atoms with Crippen molar-refractivity contribution >= 4 is 17.7 Å². The van der Waals surface area contributed by atoms with Gasteiger partial charge in [0.2, 0.25) is 5.95 Å². The minimum atomic E-state index is -4.56. The van der Waals surface area contributed by atoms with Crippen LogP contribution >= 0.6 is 0 Å². The van der Waals surface area contributed by atoms with Gasteiger partial charge in [0.25, 0.3) is 5.91 Å². The molecule has 0 saturated carbocycles. The fraction of sp³-hybridized carbons (Fsp3) is 0.476. The molecule has 1 aromatic carbocycles. The Morgan fingerprint density at radius 3 is 2.27 bits per heavy atom. The highest BCUT2D eigenvalue weighted by atomic mass is 19.4. The molecule has 30 heavy (non-hydrogen) atoms. The van der Waals surface area contributed by atoms with Crippen molar-refractivity contribution in [1.82, 2.24) is 14.9 Å². The molecule has 0 radical (unpaired) electrons. The first-order chi connectivity index (χ1) is 14.3. The molecule has 2 aliphatic rings. The summed E-state index contributed by atoms with van der Waals surface area (Å²) >= 11 is 0. The lowest BCUT2D eigenvalue weighted by Crippen LogP contribution is -2.49. The smallest absolute Gasteiger partial charge is 0.356 e. The molecule has 3 heterocycles. The molecule has 2 fully saturated rings. The van der Waals surface area contributed by atoms with Crippen molar-refractivity contribution in [3.8, 4) is 0 Å². The summed E-state index contributed by atoms with van der Waals surface area (Å²) in [6.45, 7) is 5.49. The van der Waals surface area contributed by atoms with Gasteiger partial charge in [0.15, 0.2) is 0 Å².